The van der Waals surface area contributed by atoms with E-state index in [0.29, 0.717) is 0 Å². The summed E-state index contributed by atoms with van der Waals surface area (Å²) in [5.41, 5.74) is -1.63. The van der Waals surface area contributed by atoms with Crippen molar-refractivity contribution in [1.82, 2.24) is 0 Å². The van der Waals surface area contributed by atoms with Gasteiger partial charge in [0.1, 0.15) is 5.60 Å². The third-order valence-electron chi connectivity index (χ3n) is 2.14. The monoisotopic (exact) mass is 213 g/mol. The van der Waals surface area contributed by atoms with Crippen molar-refractivity contribution in [1.29, 1.82) is 0 Å². The third kappa shape index (κ3) is 2.30. The van der Waals surface area contributed by atoms with E-state index >= 15 is 0 Å². The first-order chi connectivity index (χ1) is 7.03. The Morgan fingerprint density at radius 3 is 2.00 bits per heavy atom. The smallest absolute Gasteiger partial charge is 0.269 e. The minimum absolute atomic E-state index is 0.114. The molecule has 0 fully saturated rings. The van der Waals surface area contributed by atoms with Crippen molar-refractivity contribution in [3.05, 3.63) is 39.9 Å². The Bertz CT molecular complexity index is 344. The Labute approximate surface area is 85.6 Å². The molecule has 0 radical (unpaired) electrons. The average Bonchev–Trinajstić information content (AvgIpc) is 2.28. The van der Waals surface area contributed by atoms with Crippen LogP contribution in [0.3, 0.4) is 0 Å². The molecule has 0 aliphatic carbocycles. The number of benzene rings is 1. The van der Waals surface area contributed by atoms with Gasteiger partial charge < -0.3 is 15.3 Å². The van der Waals surface area contributed by atoms with Crippen LogP contribution in [-0.2, 0) is 5.60 Å². The summed E-state index contributed by atoms with van der Waals surface area (Å²) in [5.74, 6) is 0. The van der Waals surface area contributed by atoms with Gasteiger partial charge in [0.05, 0.1) is 18.1 Å². The van der Waals surface area contributed by atoms with E-state index in [1.807, 2.05) is 0 Å². The lowest BCUT2D eigenvalue weighted by Gasteiger charge is -2.23. The Morgan fingerprint density at radius 2 is 1.67 bits per heavy atom. The van der Waals surface area contributed by atoms with E-state index in [2.05, 4.69) is 0 Å². The number of nitrogens with zero attached hydrogens (tertiary/aromatic N) is 1. The van der Waals surface area contributed by atoms with Gasteiger partial charge in [-0.25, -0.2) is 0 Å². The van der Waals surface area contributed by atoms with Gasteiger partial charge in [-0.2, -0.15) is 0 Å². The molecule has 0 saturated heterocycles. The fraction of sp³-hybridized carbons (Fsp3) is 0.333. The predicted molar refractivity (Wildman–Crippen MR) is 51.2 cm³/mol. The quantitative estimate of drug-likeness (QED) is 0.473. The van der Waals surface area contributed by atoms with Crippen molar-refractivity contribution in [3.63, 3.8) is 0 Å². The summed E-state index contributed by atoms with van der Waals surface area (Å²) in [5, 5.41) is 37.8. The van der Waals surface area contributed by atoms with Gasteiger partial charge in [0, 0.05) is 12.1 Å². The minimum atomic E-state index is -1.75. The number of nitro groups is 1. The maximum absolute atomic E-state index is 10.3. The van der Waals surface area contributed by atoms with Crippen LogP contribution in [0.25, 0.3) is 0 Å². The number of non-ortho nitro benzene ring substituents is 1. The van der Waals surface area contributed by atoms with E-state index in [1.54, 1.807) is 0 Å². The third-order valence-corrected chi connectivity index (χ3v) is 2.14. The lowest BCUT2D eigenvalue weighted by molar-refractivity contribution is -0.384. The van der Waals surface area contributed by atoms with E-state index in [-0.39, 0.29) is 11.3 Å². The lowest BCUT2D eigenvalue weighted by Crippen LogP contribution is -2.34. The van der Waals surface area contributed by atoms with Crippen LogP contribution in [0.4, 0.5) is 5.69 Å². The summed E-state index contributed by atoms with van der Waals surface area (Å²) in [6, 6.07) is 4.99. The van der Waals surface area contributed by atoms with Crippen molar-refractivity contribution in [2.24, 2.45) is 0 Å². The zero-order chi connectivity index (χ0) is 11.5. The van der Waals surface area contributed by atoms with E-state index < -0.39 is 23.7 Å². The molecule has 1 aromatic rings. The molecule has 0 heterocycles. The highest BCUT2D eigenvalue weighted by Crippen LogP contribution is 2.22. The molecule has 0 saturated carbocycles. The van der Waals surface area contributed by atoms with Gasteiger partial charge in [0.25, 0.3) is 5.69 Å². The summed E-state index contributed by atoms with van der Waals surface area (Å²) in [7, 11) is 0. The second kappa shape index (κ2) is 4.35. The van der Waals surface area contributed by atoms with Crippen molar-refractivity contribution < 1.29 is 20.2 Å². The molecule has 15 heavy (non-hydrogen) atoms. The molecule has 6 heteroatoms. The van der Waals surface area contributed by atoms with Gasteiger partial charge in [-0.3, -0.25) is 10.1 Å². The molecule has 82 valence electrons. The number of aliphatic hydroxyl groups is 3. The number of hydrogen-bond donors (Lipinski definition) is 3. The maximum atomic E-state index is 10.3. The van der Waals surface area contributed by atoms with Crippen LogP contribution in [-0.4, -0.2) is 33.5 Å². The second-order valence-corrected chi connectivity index (χ2v) is 3.15. The zero-order valence-electron chi connectivity index (χ0n) is 7.83. The Kier molecular flexibility index (Phi) is 3.35. The first-order valence-electron chi connectivity index (χ1n) is 4.22. The minimum Gasteiger partial charge on any atom is -0.393 e. The van der Waals surface area contributed by atoms with Crippen LogP contribution in [0, 0.1) is 10.1 Å². The molecule has 1 rings (SSSR count). The molecule has 0 aliphatic heterocycles. The SMILES string of the molecule is O=[N+]([O-])c1ccc(C(O)(CO)CO)cc1. The molecule has 1 aromatic carbocycles. The van der Waals surface area contributed by atoms with Crippen LogP contribution in [0.5, 0.6) is 0 Å². The first kappa shape index (κ1) is 11.6. The Hall–Kier alpha value is -1.50. The highest BCUT2D eigenvalue weighted by atomic mass is 16.6. The molecule has 0 spiro atoms. The summed E-state index contributed by atoms with van der Waals surface area (Å²) in [6.45, 7) is -1.30. The van der Waals surface area contributed by atoms with Crippen molar-refractivity contribution in [2.45, 2.75) is 5.60 Å². The van der Waals surface area contributed by atoms with E-state index in [9.17, 15) is 15.2 Å². The van der Waals surface area contributed by atoms with Crippen LogP contribution in [0.15, 0.2) is 24.3 Å². The van der Waals surface area contributed by atoms with Crippen LogP contribution in [0.2, 0.25) is 0 Å². The maximum Gasteiger partial charge on any atom is 0.269 e. The molecule has 0 atom stereocenters. The zero-order valence-corrected chi connectivity index (χ0v) is 7.83. The molecular formula is C9H11NO5. The summed E-state index contributed by atoms with van der Waals surface area (Å²) in [6.07, 6.45) is 0. The fourth-order valence-electron chi connectivity index (χ4n) is 1.13. The molecule has 0 aliphatic rings. The molecule has 0 aromatic heterocycles. The highest BCUT2D eigenvalue weighted by molar-refractivity contribution is 5.35. The normalized spacial score (nSPS) is 11.4. The Morgan fingerprint density at radius 1 is 1.20 bits per heavy atom. The molecule has 0 amide bonds. The van der Waals surface area contributed by atoms with Gasteiger partial charge in [0.2, 0.25) is 0 Å². The molecular weight excluding hydrogens is 202 g/mol. The van der Waals surface area contributed by atoms with E-state index in [0.717, 1.165) is 0 Å². The van der Waals surface area contributed by atoms with E-state index in [4.69, 9.17) is 10.2 Å². The van der Waals surface area contributed by atoms with Crippen LogP contribution in [0.1, 0.15) is 5.56 Å². The fourth-order valence-corrected chi connectivity index (χ4v) is 1.13. The average molecular weight is 213 g/mol. The van der Waals surface area contributed by atoms with Crippen LogP contribution >= 0.6 is 0 Å². The topological polar surface area (TPSA) is 104 Å². The van der Waals surface area contributed by atoms with Gasteiger partial charge in [0.15, 0.2) is 0 Å². The van der Waals surface area contributed by atoms with Crippen molar-refractivity contribution in [3.8, 4) is 0 Å². The molecule has 6 nitrogen and oxygen atoms in total. The number of rotatable bonds is 4. The summed E-state index contributed by atoms with van der Waals surface area (Å²) < 4.78 is 0. The van der Waals surface area contributed by atoms with Gasteiger partial charge in [-0.05, 0) is 17.7 Å². The van der Waals surface area contributed by atoms with Crippen LogP contribution < -0.4 is 0 Å². The Balaban J connectivity index is 3.02. The lowest BCUT2D eigenvalue weighted by atomic mass is 9.95. The number of aliphatic hydroxyl groups excluding tert-OH is 2. The number of nitro benzene ring substituents is 1. The predicted octanol–water partition coefficient (Wildman–Crippen LogP) is -0.233. The second-order valence-electron chi connectivity index (χ2n) is 3.15. The van der Waals surface area contributed by atoms with Gasteiger partial charge in [-0.15, -0.1) is 0 Å². The highest BCUT2D eigenvalue weighted by Gasteiger charge is 2.27. The summed E-state index contributed by atoms with van der Waals surface area (Å²) in [4.78, 5) is 9.78. The molecule has 3 N–H and O–H groups in total. The van der Waals surface area contributed by atoms with E-state index in [1.165, 1.54) is 24.3 Å². The standard InChI is InChI=1S/C9H11NO5/c11-5-9(13,6-12)7-1-3-8(4-2-7)10(14)15/h1-4,11-13H,5-6H2. The number of hydrogen-bond acceptors (Lipinski definition) is 5. The van der Waals surface area contributed by atoms with Gasteiger partial charge >= 0.3 is 0 Å². The molecule has 0 bridgehead atoms. The van der Waals surface area contributed by atoms with Crippen molar-refractivity contribution in [2.75, 3.05) is 13.2 Å². The first-order valence-corrected chi connectivity index (χ1v) is 4.22. The van der Waals surface area contributed by atoms with Crippen molar-refractivity contribution >= 4 is 5.69 Å². The summed E-state index contributed by atoms with van der Waals surface area (Å²) >= 11 is 0. The molecule has 0 unspecified atom stereocenters. The largest absolute Gasteiger partial charge is 0.393 e. The van der Waals surface area contributed by atoms with Gasteiger partial charge in [-0.1, -0.05) is 0 Å².